The van der Waals surface area contributed by atoms with Crippen LogP contribution in [-0.2, 0) is 0 Å². The minimum atomic E-state index is -0.851. The van der Waals surface area contributed by atoms with Crippen LogP contribution >= 0.6 is 0 Å². The molecule has 5 nitrogen and oxygen atoms in total. The van der Waals surface area contributed by atoms with E-state index in [2.05, 4.69) is 9.88 Å². The number of benzene rings is 1. The predicted octanol–water partition coefficient (Wildman–Crippen LogP) is 2.85. The van der Waals surface area contributed by atoms with Crippen molar-refractivity contribution in [1.29, 1.82) is 0 Å². The molecule has 0 radical (unpaired) electrons. The van der Waals surface area contributed by atoms with Crippen LogP contribution in [0.2, 0.25) is 0 Å². The molecule has 1 aromatic carbocycles. The fourth-order valence-corrected chi connectivity index (χ4v) is 2.60. The normalized spacial score (nSPS) is 15.3. The van der Waals surface area contributed by atoms with Gasteiger partial charge in [0.2, 0.25) is 0 Å². The van der Waals surface area contributed by atoms with Crippen molar-refractivity contribution >= 4 is 5.91 Å². The molecule has 2 heterocycles. The molecule has 0 aliphatic carbocycles. The molecule has 0 unspecified atom stereocenters. The predicted molar refractivity (Wildman–Crippen MR) is 88.8 cm³/mol. The summed E-state index contributed by atoms with van der Waals surface area (Å²) in [6, 6.07) is 6.49. The molecule has 7 heteroatoms. The highest BCUT2D eigenvalue weighted by Crippen LogP contribution is 2.26. The van der Waals surface area contributed by atoms with Crippen molar-refractivity contribution in [2.75, 3.05) is 33.2 Å². The van der Waals surface area contributed by atoms with Crippen molar-refractivity contribution in [3.05, 3.63) is 53.2 Å². The smallest absolute Gasteiger partial charge is 0.256 e. The lowest BCUT2D eigenvalue weighted by Crippen LogP contribution is -2.47. The first-order chi connectivity index (χ1) is 12.0. The van der Waals surface area contributed by atoms with Gasteiger partial charge in [0.15, 0.2) is 5.82 Å². The van der Waals surface area contributed by atoms with Crippen molar-refractivity contribution in [2.45, 2.75) is 6.92 Å². The Hall–Kier alpha value is -2.54. The van der Waals surface area contributed by atoms with Gasteiger partial charge in [-0.25, -0.2) is 13.8 Å². The van der Waals surface area contributed by atoms with Crippen LogP contribution in [0.4, 0.5) is 8.78 Å². The van der Waals surface area contributed by atoms with Gasteiger partial charge in [-0.15, -0.1) is 0 Å². The lowest BCUT2D eigenvalue weighted by molar-refractivity contribution is 0.0664. The van der Waals surface area contributed by atoms with Crippen molar-refractivity contribution in [2.24, 2.45) is 0 Å². The first-order valence-electron chi connectivity index (χ1n) is 8.02. The average Bonchev–Trinajstić information content (AvgIpc) is 2.62. The number of rotatable bonds is 3. The quantitative estimate of drug-likeness (QED) is 0.857. The maximum atomic E-state index is 14.0. The van der Waals surface area contributed by atoms with E-state index in [4.69, 9.17) is 4.74 Å². The molecule has 0 spiro atoms. The van der Waals surface area contributed by atoms with E-state index in [0.717, 1.165) is 19.3 Å². The largest absolute Gasteiger partial charge is 0.436 e. The number of likely N-dealkylation sites (N-methyl/N-ethyl adjacent to an activating group) is 1. The SMILES string of the molecule is Cc1c(F)cnc(Oc2cccc(C(=O)N3CCN(C)CC3)c2)c1F. The molecule has 1 aliphatic heterocycles. The van der Waals surface area contributed by atoms with E-state index in [-0.39, 0.29) is 23.1 Å². The van der Waals surface area contributed by atoms with Crippen molar-refractivity contribution in [3.63, 3.8) is 0 Å². The maximum absolute atomic E-state index is 14.0. The number of carbonyl (C=O) groups excluding carboxylic acids is 1. The molecule has 1 aliphatic rings. The van der Waals surface area contributed by atoms with Crippen LogP contribution in [-0.4, -0.2) is 53.9 Å². The minimum Gasteiger partial charge on any atom is -0.436 e. The maximum Gasteiger partial charge on any atom is 0.256 e. The molecule has 2 aromatic rings. The van der Waals surface area contributed by atoms with Crippen molar-refractivity contribution in [1.82, 2.24) is 14.8 Å². The Balaban J connectivity index is 1.78. The van der Waals surface area contributed by atoms with Gasteiger partial charge in [0.25, 0.3) is 11.8 Å². The first kappa shape index (κ1) is 17.3. The second-order valence-electron chi connectivity index (χ2n) is 6.08. The second-order valence-corrected chi connectivity index (χ2v) is 6.08. The number of hydrogen-bond donors (Lipinski definition) is 0. The topological polar surface area (TPSA) is 45.7 Å². The molecule has 0 N–H and O–H groups in total. The Labute approximate surface area is 144 Å². The molecular formula is C18H19F2N3O2. The van der Waals surface area contributed by atoms with Gasteiger partial charge in [-0.1, -0.05) is 6.07 Å². The van der Waals surface area contributed by atoms with E-state index < -0.39 is 11.6 Å². The van der Waals surface area contributed by atoms with Gasteiger partial charge in [-0.2, -0.15) is 0 Å². The van der Waals surface area contributed by atoms with Crippen LogP contribution in [0.25, 0.3) is 0 Å². The number of ether oxygens (including phenoxy) is 1. The zero-order valence-electron chi connectivity index (χ0n) is 14.1. The van der Waals surface area contributed by atoms with E-state index in [0.29, 0.717) is 18.7 Å². The number of piperazine rings is 1. The Morgan fingerprint density at radius 2 is 1.92 bits per heavy atom. The highest BCUT2D eigenvalue weighted by molar-refractivity contribution is 5.94. The minimum absolute atomic E-state index is 0.0951. The zero-order chi connectivity index (χ0) is 18.0. The number of aromatic nitrogens is 1. The third kappa shape index (κ3) is 3.76. The highest BCUT2D eigenvalue weighted by Gasteiger charge is 2.21. The fraction of sp³-hybridized carbons (Fsp3) is 0.333. The molecular weight excluding hydrogens is 328 g/mol. The number of pyridine rings is 1. The third-order valence-electron chi connectivity index (χ3n) is 4.26. The molecule has 1 aromatic heterocycles. The van der Waals surface area contributed by atoms with Gasteiger partial charge in [0.05, 0.1) is 6.20 Å². The molecule has 3 rings (SSSR count). The van der Waals surface area contributed by atoms with E-state index in [1.54, 1.807) is 29.2 Å². The summed E-state index contributed by atoms with van der Waals surface area (Å²) in [4.78, 5) is 20.2. The van der Waals surface area contributed by atoms with Gasteiger partial charge in [0, 0.05) is 37.3 Å². The number of hydrogen-bond acceptors (Lipinski definition) is 4. The first-order valence-corrected chi connectivity index (χ1v) is 8.02. The molecule has 132 valence electrons. The Kier molecular flexibility index (Phi) is 4.94. The summed E-state index contributed by atoms with van der Waals surface area (Å²) >= 11 is 0. The molecule has 1 saturated heterocycles. The summed E-state index contributed by atoms with van der Waals surface area (Å²) in [6.45, 7) is 4.28. The Morgan fingerprint density at radius 1 is 1.20 bits per heavy atom. The summed E-state index contributed by atoms with van der Waals surface area (Å²) in [5.41, 5.74) is 0.302. The number of halogens is 2. The van der Waals surface area contributed by atoms with E-state index >= 15 is 0 Å². The summed E-state index contributed by atoms with van der Waals surface area (Å²) in [6.07, 6.45) is 0.910. The number of amides is 1. The highest BCUT2D eigenvalue weighted by atomic mass is 19.1. The second kappa shape index (κ2) is 7.14. The van der Waals surface area contributed by atoms with Crippen molar-refractivity contribution < 1.29 is 18.3 Å². The van der Waals surface area contributed by atoms with Gasteiger partial charge in [0.1, 0.15) is 11.6 Å². The Morgan fingerprint density at radius 3 is 2.64 bits per heavy atom. The van der Waals surface area contributed by atoms with Gasteiger partial charge in [-0.3, -0.25) is 4.79 Å². The summed E-state index contributed by atoms with van der Waals surface area (Å²) in [5.74, 6) is -1.72. The molecule has 0 bridgehead atoms. The summed E-state index contributed by atoms with van der Waals surface area (Å²) in [7, 11) is 2.02. The summed E-state index contributed by atoms with van der Waals surface area (Å²) < 4.78 is 32.7. The van der Waals surface area contributed by atoms with Crippen LogP contribution in [0, 0.1) is 18.6 Å². The molecule has 1 fully saturated rings. The lowest BCUT2D eigenvalue weighted by Gasteiger charge is -2.32. The average molecular weight is 347 g/mol. The molecule has 25 heavy (non-hydrogen) atoms. The van der Waals surface area contributed by atoms with Gasteiger partial charge >= 0.3 is 0 Å². The standard InChI is InChI=1S/C18H19F2N3O2/c1-12-15(19)11-21-17(16(12)20)25-14-5-3-4-13(10-14)18(24)23-8-6-22(2)7-9-23/h3-5,10-11H,6-9H2,1-2H3. The van der Waals surface area contributed by atoms with Gasteiger partial charge < -0.3 is 14.5 Å². The van der Waals surface area contributed by atoms with Crippen LogP contribution in [0.1, 0.15) is 15.9 Å². The Bertz CT molecular complexity index is 790. The molecule has 0 saturated carbocycles. The number of nitrogens with zero attached hydrogens (tertiary/aromatic N) is 3. The summed E-state index contributed by atoms with van der Waals surface area (Å²) in [5, 5.41) is 0. The van der Waals surface area contributed by atoms with Crippen LogP contribution in [0.3, 0.4) is 0 Å². The third-order valence-corrected chi connectivity index (χ3v) is 4.26. The van der Waals surface area contributed by atoms with E-state index in [9.17, 15) is 13.6 Å². The molecule has 0 atom stereocenters. The molecule has 1 amide bonds. The van der Waals surface area contributed by atoms with Gasteiger partial charge in [-0.05, 0) is 32.2 Å². The van der Waals surface area contributed by atoms with Crippen LogP contribution in [0.5, 0.6) is 11.6 Å². The van der Waals surface area contributed by atoms with Crippen LogP contribution in [0.15, 0.2) is 30.5 Å². The lowest BCUT2D eigenvalue weighted by atomic mass is 10.1. The number of carbonyl (C=O) groups is 1. The van der Waals surface area contributed by atoms with E-state index in [1.165, 1.54) is 6.92 Å². The fourth-order valence-electron chi connectivity index (χ4n) is 2.60. The van der Waals surface area contributed by atoms with E-state index in [1.807, 2.05) is 7.05 Å². The van der Waals surface area contributed by atoms with Crippen LogP contribution < -0.4 is 4.74 Å². The zero-order valence-corrected chi connectivity index (χ0v) is 14.1. The monoisotopic (exact) mass is 347 g/mol. The van der Waals surface area contributed by atoms with Crippen molar-refractivity contribution in [3.8, 4) is 11.6 Å².